The van der Waals surface area contributed by atoms with Gasteiger partial charge >= 0.3 is 58.2 Å². The van der Waals surface area contributed by atoms with Crippen molar-refractivity contribution in [3.63, 3.8) is 0 Å². The largest absolute Gasteiger partial charge is 2.00 e. The number of fused-ring (bicyclic) bond motifs is 1. The maximum atomic E-state index is 10.1. The first-order chi connectivity index (χ1) is 14.4. The number of nitrogens with zero attached hydrogens (tertiary/aromatic N) is 2. The first-order valence-electron chi connectivity index (χ1n) is 7.71. The van der Waals surface area contributed by atoms with Gasteiger partial charge in [0, 0.05) is 0 Å². The Labute approximate surface area is 229 Å². The van der Waals surface area contributed by atoms with E-state index < -0.39 is 12.2 Å². The average Bonchev–Trinajstić information content (AvgIpc) is 3.39. The molecule has 2 heterocycles. The van der Waals surface area contributed by atoms with Gasteiger partial charge in [-0.3, -0.25) is 20.9 Å². The summed E-state index contributed by atoms with van der Waals surface area (Å²) >= 11 is 0. The van der Waals surface area contributed by atoms with Gasteiger partial charge < -0.3 is 45.5 Å². The zero-order valence-corrected chi connectivity index (χ0v) is 23.9. The number of carbonyl (C=O) groups excluding carboxylic acids is 4. The van der Waals surface area contributed by atoms with E-state index in [1.165, 1.54) is 0 Å². The molecule has 0 bridgehead atoms. The maximum Gasteiger partial charge on any atom is 2.00 e. The van der Waals surface area contributed by atoms with Crippen LogP contribution in [0.1, 0.15) is 5.82 Å². The second-order valence-electron chi connectivity index (χ2n) is 4.54. The summed E-state index contributed by atoms with van der Waals surface area (Å²) in [6.45, 7) is 0. The Morgan fingerprint density at radius 1 is 1.18 bits per heavy atom. The molecule has 1 unspecified atom stereocenters. The molecule has 2 aromatic heterocycles. The number of nitrogens with one attached hydrogen (secondary N) is 4. The number of imidazole rings is 2. The molecule has 16 heteroatoms. The monoisotopic (exact) mass is 718 g/mol. The van der Waals surface area contributed by atoms with Crippen molar-refractivity contribution in [2.75, 3.05) is 14.2 Å². The van der Waals surface area contributed by atoms with Gasteiger partial charge in [0.1, 0.15) is 0 Å². The molecule has 0 aliphatic carbocycles. The number of carbonyl (C=O) groups is 2. The summed E-state index contributed by atoms with van der Waals surface area (Å²) in [5.74, 6) is 0.611. The predicted octanol–water partition coefficient (Wildman–Crippen LogP) is 2.20. The van der Waals surface area contributed by atoms with Crippen LogP contribution in [0.5, 0.6) is 0 Å². The van der Waals surface area contributed by atoms with Gasteiger partial charge in [-0.15, -0.1) is 18.3 Å². The minimum absolute atomic E-state index is 0. The van der Waals surface area contributed by atoms with Crippen LogP contribution >= 0.6 is 8.58 Å². The van der Waals surface area contributed by atoms with Crippen LogP contribution in [0.25, 0.3) is 22.5 Å². The topological polar surface area (TPSA) is 192 Å². The van der Waals surface area contributed by atoms with Gasteiger partial charge in [-0.25, -0.2) is 6.03 Å². The van der Waals surface area contributed by atoms with E-state index in [-0.39, 0.29) is 73.2 Å². The third-order valence-corrected chi connectivity index (χ3v) is 3.19. The van der Waals surface area contributed by atoms with Gasteiger partial charge in [-0.2, -0.15) is 27.1 Å². The van der Waals surface area contributed by atoms with Crippen LogP contribution in [-0.2, 0) is 83.7 Å². The summed E-state index contributed by atoms with van der Waals surface area (Å²) in [7, 11) is 2.31. The van der Waals surface area contributed by atoms with E-state index in [1.54, 1.807) is 24.6 Å². The summed E-state index contributed by atoms with van der Waals surface area (Å²) in [5, 5.41) is 0. The third kappa shape index (κ3) is 20.4. The molecule has 1 atom stereocenters. The van der Waals surface area contributed by atoms with E-state index in [9.17, 15) is 19.2 Å². The zero-order chi connectivity index (χ0) is 22.8. The second kappa shape index (κ2) is 24.7. The van der Waals surface area contributed by atoms with Crippen LogP contribution < -0.4 is 5.57 Å². The molecule has 4 N–H and O–H groups in total. The van der Waals surface area contributed by atoms with Gasteiger partial charge in [-0.05, 0) is 11.0 Å². The fourth-order valence-corrected chi connectivity index (χ4v) is 1.89. The molecular weight excluding hydrogens is 701 g/mol. The van der Waals surface area contributed by atoms with Crippen molar-refractivity contribution in [1.82, 2.24) is 19.9 Å². The Morgan fingerprint density at radius 3 is 2.15 bits per heavy atom. The minimum Gasteiger partial charge on any atom is -0.632 e. The number of ether oxygens (including phenoxy) is 2. The van der Waals surface area contributed by atoms with Crippen molar-refractivity contribution in [2.45, 2.75) is 6.42 Å². The third-order valence-electron chi connectivity index (χ3n) is 2.61. The van der Waals surface area contributed by atoms with E-state index in [2.05, 4.69) is 41.7 Å². The molecular formula is C17H17N6O6PV2W. The van der Waals surface area contributed by atoms with Crippen LogP contribution in [0.3, 0.4) is 0 Å². The molecule has 3 rings (SSSR count). The second-order valence-corrected chi connectivity index (χ2v) is 5.46. The fraction of sp³-hybridized carbons (Fsp3) is 0.176. The predicted molar refractivity (Wildman–Crippen MR) is 109 cm³/mol. The molecule has 0 aliphatic rings. The molecule has 12 nitrogen and oxygen atoms in total. The average molecular weight is 718 g/mol. The van der Waals surface area contributed by atoms with Crippen molar-refractivity contribution >= 4 is 49.7 Å². The summed E-state index contributed by atoms with van der Waals surface area (Å²) in [5.41, 5.74) is 14.4. The van der Waals surface area contributed by atoms with Crippen LogP contribution in [0.2, 0.25) is 0 Å². The molecule has 0 fully saturated rings. The van der Waals surface area contributed by atoms with Crippen LogP contribution in [-0.4, -0.2) is 58.7 Å². The van der Waals surface area contributed by atoms with Gasteiger partial charge in [0.2, 0.25) is 12.2 Å². The van der Waals surface area contributed by atoms with Crippen molar-refractivity contribution < 1.29 is 86.8 Å². The first kappa shape index (κ1) is 38.3. The SMILES string of the molecule is COC([NH-])=O.COC([NH-])=O.O=[C-]Cc1n[c-]c[nH]1.O=[C-]Pc1nc2c[c-]ccc2[nH]1.[V+2].[V+2].[W+2]. The molecule has 2 radical (unpaired) electrons. The molecule has 0 spiro atoms. The number of methoxy groups -OCH3 is 2. The van der Waals surface area contributed by atoms with Crippen LogP contribution in [0.4, 0.5) is 9.59 Å². The fourth-order valence-electron chi connectivity index (χ4n) is 1.42. The van der Waals surface area contributed by atoms with Crippen molar-refractivity contribution in [3.8, 4) is 0 Å². The molecule has 0 aliphatic heterocycles. The Kier molecular flexibility index (Phi) is 28.7. The van der Waals surface area contributed by atoms with E-state index in [4.69, 9.17) is 11.5 Å². The molecule has 0 saturated carbocycles. The van der Waals surface area contributed by atoms with Crippen molar-refractivity contribution in [2.24, 2.45) is 0 Å². The normalized spacial score (nSPS) is 8.30. The molecule has 2 amide bonds. The minimum atomic E-state index is -0.995. The van der Waals surface area contributed by atoms with Crippen LogP contribution in [0, 0.1) is 12.3 Å². The molecule has 0 saturated heterocycles. The first-order valence-corrected chi connectivity index (χ1v) is 8.71. The van der Waals surface area contributed by atoms with E-state index >= 15 is 0 Å². The van der Waals surface area contributed by atoms with Crippen molar-refractivity contribution in [3.05, 3.63) is 54.0 Å². The molecule has 1 aromatic carbocycles. The smallest absolute Gasteiger partial charge is 0.632 e. The number of aromatic amines is 2. The number of benzene rings is 1. The summed E-state index contributed by atoms with van der Waals surface area (Å²) in [6.07, 6.45) is 4.02. The number of hydrogen-bond donors (Lipinski definition) is 2. The number of aromatic nitrogens is 4. The van der Waals surface area contributed by atoms with E-state index in [1.807, 2.05) is 12.1 Å². The molecule has 3 aromatic rings. The summed E-state index contributed by atoms with van der Waals surface area (Å²) < 4.78 is 7.56. The van der Waals surface area contributed by atoms with Gasteiger partial charge in [0.15, 0.2) is 0 Å². The number of hydrogen-bond acceptors (Lipinski definition) is 8. The summed E-state index contributed by atoms with van der Waals surface area (Å²) in [4.78, 5) is 51.8. The number of rotatable bonds is 4. The molecule has 172 valence electrons. The Morgan fingerprint density at radius 2 is 1.76 bits per heavy atom. The maximum absolute atomic E-state index is 10.1. The Hall–Kier alpha value is -1.93. The standard InChI is InChI=1S/C8H5N2OP.C5H4N2O.2C2H5NO2.2V.W/c11-5-12-8-9-6-3-1-2-4-7(6)10-8;8-4-1-5-6-2-3-7-5;2*1-5-2(3)4;;;/h1,3-4,12H,(H,9,10);2H,1H2,(H,6,7);2*1H3,(H2,3,4);;;/q2*-2;;;3*+2/p-2. The Balaban J connectivity index is -0.000000178. The van der Waals surface area contributed by atoms with Gasteiger partial charge in [-0.1, -0.05) is 12.0 Å². The van der Waals surface area contributed by atoms with E-state index in [0.29, 0.717) is 11.4 Å². The number of H-pyrrole nitrogens is 2. The van der Waals surface area contributed by atoms with Crippen LogP contribution in [0.15, 0.2) is 24.4 Å². The van der Waals surface area contributed by atoms with Crippen molar-refractivity contribution in [1.29, 1.82) is 0 Å². The Bertz CT molecular complexity index is 869. The molecule has 33 heavy (non-hydrogen) atoms. The van der Waals surface area contributed by atoms with E-state index in [0.717, 1.165) is 25.3 Å². The summed E-state index contributed by atoms with van der Waals surface area (Å²) in [6, 6.07) is 10.2. The van der Waals surface area contributed by atoms with Gasteiger partial charge in [0.25, 0.3) is 0 Å². The zero-order valence-electron chi connectivity index (χ0n) is 17.2. The van der Waals surface area contributed by atoms with Gasteiger partial charge in [0.05, 0.1) is 19.8 Å². The quantitative estimate of drug-likeness (QED) is 0.303. The number of amides is 2.